The first-order chi connectivity index (χ1) is 33.0. The second-order valence-electron chi connectivity index (χ2n) is 21.4. The number of aliphatic hydroxyl groups is 1. The van der Waals surface area contributed by atoms with Crippen molar-refractivity contribution < 1.29 is 32.9 Å². The van der Waals surface area contributed by atoms with Crippen molar-refractivity contribution in [3.63, 3.8) is 0 Å². The van der Waals surface area contributed by atoms with Crippen LogP contribution in [-0.4, -0.2) is 73.4 Å². The highest BCUT2D eigenvalue weighted by molar-refractivity contribution is 7.47. The highest BCUT2D eigenvalue weighted by Gasteiger charge is 2.27. The average Bonchev–Trinajstić information content (AvgIpc) is 3.30. The van der Waals surface area contributed by atoms with Crippen LogP contribution in [-0.2, 0) is 18.4 Å². The van der Waals surface area contributed by atoms with Crippen LogP contribution in [0.15, 0.2) is 36.5 Å². The third-order valence-electron chi connectivity index (χ3n) is 13.3. The minimum absolute atomic E-state index is 0.0550. The standard InChI is InChI=1S/C59H115N2O6P/c1-6-8-10-12-14-16-18-20-22-24-25-26-27-28-29-30-31-32-33-34-35-36-37-39-41-43-45-47-49-51-53-59(63)60-57(56-67-68(64,65)66-55-54-61(3,4)5)58(62)52-50-48-46-44-42-40-38-23-21-19-17-15-13-11-9-7-2/h21,23,42,44,50,52,57-58,62H,6-20,22,24-41,43,45-49,51,53-56H2,1-5H3,(H-,60,63,64,65)/p+1/b23-21+,44-42+,52-50+. The lowest BCUT2D eigenvalue weighted by Crippen LogP contribution is -2.45. The number of rotatable bonds is 54. The number of phosphoric acid groups is 1. The molecule has 3 unspecified atom stereocenters. The van der Waals surface area contributed by atoms with Gasteiger partial charge in [0.15, 0.2) is 0 Å². The lowest BCUT2D eigenvalue weighted by atomic mass is 10.0. The first kappa shape index (κ1) is 66.7. The van der Waals surface area contributed by atoms with Crippen molar-refractivity contribution in [2.75, 3.05) is 40.9 Å². The molecule has 0 aliphatic rings. The third-order valence-corrected chi connectivity index (χ3v) is 14.3. The number of hydrogen-bond donors (Lipinski definition) is 3. The first-order valence-electron chi connectivity index (χ1n) is 29.4. The molecule has 0 aliphatic carbocycles. The maximum absolute atomic E-state index is 13.0. The van der Waals surface area contributed by atoms with Crippen molar-refractivity contribution in [2.24, 2.45) is 0 Å². The zero-order valence-corrected chi connectivity index (χ0v) is 46.8. The summed E-state index contributed by atoms with van der Waals surface area (Å²) in [6, 6.07) is -0.867. The van der Waals surface area contributed by atoms with E-state index in [0.717, 1.165) is 44.9 Å². The largest absolute Gasteiger partial charge is 0.472 e. The number of amides is 1. The van der Waals surface area contributed by atoms with E-state index in [4.69, 9.17) is 9.05 Å². The van der Waals surface area contributed by atoms with Crippen LogP contribution in [0.2, 0.25) is 0 Å². The SMILES string of the molecule is CCCCCCCC/C=C/CC/C=C/CC/C=C/C(O)C(COP(=O)(O)OCC[N+](C)(C)C)NC(=O)CCCCCCCCCCCCCCCCCCCCCCCCCCCCCCCC. The van der Waals surface area contributed by atoms with Gasteiger partial charge in [-0.2, -0.15) is 0 Å². The number of allylic oxidation sites excluding steroid dienone is 5. The van der Waals surface area contributed by atoms with Crippen molar-refractivity contribution in [3.05, 3.63) is 36.5 Å². The van der Waals surface area contributed by atoms with Crippen molar-refractivity contribution in [1.29, 1.82) is 0 Å². The summed E-state index contributed by atoms with van der Waals surface area (Å²) < 4.78 is 23.7. The maximum atomic E-state index is 13.0. The van der Waals surface area contributed by atoms with E-state index < -0.39 is 20.0 Å². The van der Waals surface area contributed by atoms with Gasteiger partial charge >= 0.3 is 7.82 Å². The monoisotopic (exact) mass is 980 g/mol. The number of nitrogens with zero attached hydrogens (tertiary/aromatic N) is 1. The second kappa shape index (κ2) is 50.7. The predicted octanol–water partition coefficient (Wildman–Crippen LogP) is 17.8. The molecule has 0 heterocycles. The number of nitrogens with one attached hydrogen (secondary N) is 1. The minimum Gasteiger partial charge on any atom is -0.387 e. The topological polar surface area (TPSA) is 105 Å². The Morgan fingerprint density at radius 3 is 1.18 bits per heavy atom. The van der Waals surface area contributed by atoms with Gasteiger partial charge < -0.3 is 19.8 Å². The average molecular weight is 981 g/mol. The van der Waals surface area contributed by atoms with Gasteiger partial charge in [0.2, 0.25) is 5.91 Å². The highest BCUT2D eigenvalue weighted by Crippen LogP contribution is 2.43. The van der Waals surface area contributed by atoms with Gasteiger partial charge in [-0.05, 0) is 44.9 Å². The van der Waals surface area contributed by atoms with E-state index in [1.54, 1.807) is 6.08 Å². The molecule has 0 saturated carbocycles. The van der Waals surface area contributed by atoms with Crippen LogP contribution in [0.3, 0.4) is 0 Å². The van der Waals surface area contributed by atoms with Crippen LogP contribution in [0.5, 0.6) is 0 Å². The molecule has 0 aromatic heterocycles. The molecular formula is C59H116N2O6P+. The molecule has 0 aliphatic heterocycles. The number of likely N-dealkylation sites (N-methyl/N-ethyl adjacent to an activating group) is 1. The number of carbonyl (C=O) groups excluding carboxylic acids is 1. The van der Waals surface area contributed by atoms with Crippen molar-refractivity contribution in [3.8, 4) is 0 Å². The lowest BCUT2D eigenvalue weighted by molar-refractivity contribution is -0.870. The van der Waals surface area contributed by atoms with Gasteiger partial charge in [-0.25, -0.2) is 4.57 Å². The van der Waals surface area contributed by atoms with Crippen LogP contribution in [0, 0.1) is 0 Å². The highest BCUT2D eigenvalue weighted by atomic mass is 31.2. The number of aliphatic hydroxyl groups excluding tert-OH is 1. The Balaban J connectivity index is 4.10. The summed E-state index contributed by atoms with van der Waals surface area (Å²) in [6.45, 7) is 4.81. The summed E-state index contributed by atoms with van der Waals surface area (Å²) >= 11 is 0. The normalized spacial score (nSPS) is 14.2. The summed E-state index contributed by atoms with van der Waals surface area (Å²) in [7, 11) is 1.56. The fourth-order valence-corrected chi connectivity index (χ4v) is 9.46. The molecule has 0 saturated heterocycles. The quantitative estimate of drug-likeness (QED) is 0.0243. The van der Waals surface area contributed by atoms with E-state index >= 15 is 0 Å². The number of hydrogen-bond acceptors (Lipinski definition) is 5. The molecule has 0 aromatic rings. The van der Waals surface area contributed by atoms with Crippen molar-refractivity contribution in [1.82, 2.24) is 5.32 Å². The Hall–Kier alpha value is -1.28. The van der Waals surface area contributed by atoms with Gasteiger partial charge in [0.25, 0.3) is 0 Å². The fourth-order valence-electron chi connectivity index (χ4n) is 8.72. The molecule has 0 rings (SSSR count). The number of phosphoric ester groups is 1. The van der Waals surface area contributed by atoms with Gasteiger partial charge in [0.05, 0.1) is 39.9 Å². The van der Waals surface area contributed by atoms with Gasteiger partial charge in [0.1, 0.15) is 13.2 Å². The minimum atomic E-state index is -4.35. The van der Waals surface area contributed by atoms with Crippen LogP contribution in [0.25, 0.3) is 0 Å². The molecule has 3 N–H and O–H groups in total. The molecule has 0 bridgehead atoms. The Morgan fingerprint density at radius 1 is 0.485 bits per heavy atom. The van der Waals surface area contributed by atoms with Gasteiger partial charge in [0, 0.05) is 6.42 Å². The molecule has 0 radical (unpaired) electrons. The van der Waals surface area contributed by atoms with E-state index in [-0.39, 0.29) is 19.1 Å². The molecule has 0 spiro atoms. The smallest absolute Gasteiger partial charge is 0.387 e. The molecule has 1 amide bonds. The summed E-state index contributed by atoms with van der Waals surface area (Å²) in [5.41, 5.74) is 0. The molecular weight excluding hydrogens is 864 g/mol. The molecule has 9 heteroatoms. The Morgan fingerprint density at radius 2 is 0.809 bits per heavy atom. The third kappa shape index (κ3) is 52.5. The number of unbranched alkanes of at least 4 members (excludes halogenated alkanes) is 37. The van der Waals surface area contributed by atoms with Gasteiger partial charge in [-0.1, -0.05) is 269 Å². The van der Waals surface area contributed by atoms with E-state index in [1.165, 1.54) is 218 Å². The van der Waals surface area contributed by atoms with Crippen LogP contribution < -0.4 is 5.32 Å². The van der Waals surface area contributed by atoms with Gasteiger partial charge in [-0.3, -0.25) is 13.8 Å². The molecule has 68 heavy (non-hydrogen) atoms. The lowest BCUT2D eigenvalue weighted by Gasteiger charge is -2.25. The molecule has 0 aromatic carbocycles. The van der Waals surface area contributed by atoms with E-state index in [9.17, 15) is 19.4 Å². The summed E-state index contributed by atoms with van der Waals surface area (Å²) in [5.74, 6) is -0.186. The Bertz CT molecular complexity index is 1200. The van der Waals surface area contributed by atoms with E-state index in [2.05, 4.69) is 43.5 Å². The fraction of sp³-hybridized carbons (Fsp3) is 0.881. The zero-order valence-electron chi connectivity index (χ0n) is 45.9. The molecule has 402 valence electrons. The summed E-state index contributed by atoms with van der Waals surface area (Å²) in [4.78, 5) is 23.3. The predicted molar refractivity (Wildman–Crippen MR) is 295 cm³/mol. The number of carbonyl (C=O) groups is 1. The van der Waals surface area contributed by atoms with Gasteiger partial charge in [-0.15, -0.1) is 0 Å². The van der Waals surface area contributed by atoms with Crippen LogP contribution in [0.1, 0.15) is 284 Å². The molecule has 0 fully saturated rings. The molecule has 8 nitrogen and oxygen atoms in total. The van der Waals surface area contributed by atoms with Crippen molar-refractivity contribution in [2.45, 2.75) is 296 Å². The van der Waals surface area contributed by atoms with Crippen LogP contribution in [0.4, 0.5) is 0 Å². The van der Waals surface area contributed by atoms with Crippen molar-refractivity contribution >= 4 is 13.7 Å². The summed E-state index contributed by atoms with van der Waals surface area (Å²) in [6.07, 6.45) is 65.5. The summed E-state index contributed by atoms with van der Waals surface area (Å²) in [5, 5.41) is 13.9. The Labute approximate surface area is 423 Å². The van der Waals surface area contributed by atoms with Crippen LogP contribution >= 0.6 is 7.82 Å². The van der Waals surface area contributed by atoms with E-state index in [1.807, 2.05) is 27.2 Å². The van der Waals surface area contributed by atoms with E-state index in [0.29, 0.717) is 17.4 Å². The molecule has 3 atom stereocenters. The maximum Gasteiger partial charge on any atom is 0.472 e. The first-order valence-corrected chi connectivity index (χ1v) is 30.9. The number of quaternary nitrogens is 1. The second-order valence-corrected chi connectivity index (χ2v) is 22.8. The zero-order chi connectivity index (χ0) is 49.9. The Kier molecular flexibility index (Phi) is 49.7.